The van der Waals surface area contributed by atoms with E-state index >= 15 is 0 Å². The van der Waals surface area contributed by atoms with Crippen LogP contribution < -0.4 is 5.32 Å². The average Bonchev–Trinajstić information content (AvgIpc) is 2.73. The summed E-state index contributed by atoms with van der Waals surface area (Å²) in [6.07, 6.45) is 3.38. The predicted molar refractivity (Wildman–Crippen MR) is 103 cm³/mol. The molecule has 0 radical (unpaired) electrons. The van der Waals surface area contributed by atoms with Gasteiger partial charge in [-0.3, -0.25) is 0 Å². The zero-order valence-electron chi connectivity index (χ0n) is 17.2. The molecule has 0 saturated heterocycles. The van der Waals surface area contributed by atoms with E-state index in [1.54, 1.807) is 0 Å². The highest BCUT2D eigenvalue weighted by Crippen LogP contribution is 2.27. The van der Waals surface area contributed by atoms with Gasteiger partial charge in [0.2, 0.25) is 5.82 Å². The van der Waals surface area contributed by atoms with E-state index in [1.807, 2.05) is 20.8 Å². The van der Waals surface area contributed by atoms with Crippen LogP contribution in [0.25, 0.3) is 0 Å². The topological polar surface area (TPSA) is 39.7 Å². The Labute approximate surface area is 170 Å². The molecule has 0 aliphatic carbocycles. The van der Waals surface area contributed by atoms with E-state index < -0.39 is 43.6 Å². The lowest BCUT2D eigenvalue weighted by Gasteiger charge is -2.29. The van der Waals surface area contributed by atoms with E-state index in [0.717, 1.165) is 19.3 Å². The normalized spacial score (nSPS) is 11.9. The van der Waals surface area contributed by atoms with Gasteiger partial charge in [0.25, 0.3) is 0 Å². The molecule has 0 spiro atoms. The van der Waals surface area contributed by atoms with Crippen LogP contribution in [0.1, 0.15) is 52.9 Å². The Morgan fingerprint density at radius 3 is 1.48 bits per heavy atom. The van der Waals surface area contributed by atoms with E-state index in [4.69, 9.17) is 13.3 Å². The van der Waals surface area contributed by atoms with Crippen molar-refractivity contribution in [2.24, 2.45) is 0 Å². The molecule has 10 heteroatoms. The quantitative estimate of drug-likeness (QED) is 0.122. The van der Waals surface area contributed by atoms with Crippen LogP contribution in [0, 0.1) is 29.1 Å². The van der Waals surface area contributed by atoms with Crippen molar-refractivity contribution in [3.8, 4) is 0 Å². The summed E-state index contributed by atoms with van der Waals surface area (Å²) < 4.78 is 84.8. The fourth-order valence-electron chi connectivity index (χ4n) is 2.55. The van der Waals surface area contributed by atoms with Gasteiger partial charge >= 0.3 is 8.80 Å². The number of hydrogen-bond acceptors (Lipinski definition) is 4. The third kappa shape index (κ3) is 7.51. The lowest BCUT2D eigenvalue weighted by molar-refractivity contribution is 0.0587. The summed E-state index contributed by atoms with van der Waals surface area (Å²) in [4.78, 5) is 0. The second-order valence-corrected chi connectivity index (χ2v) is 9.29. The number of halogens is 5. The number of rotatable bonds is 15. The summed E-state index contributed by atoms with van der Waals surface area (Å²) >= 11 is 0. The third-order valence-electron chi connectivity index (χ3n) is 4.00. The first-order chi connectivity index (χ1) is 13.8. The van der Waals surface area contributed by atoms with Crippen LogP contribution in [0.2, 0.25) is 6.04 Å². The number of unbranched alkanes of at least 4 members (excludes halogenated alkanes) is 1. The Morgan fingerprint density at radius 2 is 1.07 bits per heavy atom. The van der Waals surface area contributed by atoms with Crippen molar-refractivity contribution in [2.45, 2.75) is 58.9 Å². The van der Waals surface area contributed by atoms with E-state index in [9.17, 15) is 22.0 Å². The van der Waals surface area contributed by atoms with Crippen LogP contribution in [0.15, 0.2) is 0 Å². The highest BCUT2D eigenvalue weighted by atomic mass is 28.4. The molecule has 0 aliphatic heterocycles. The van der Waals surface area contributed by atoms with E-state index in [-0.39, 0.29) is 6.54 Å². The van der Waals surface area contributed by atoms with Crippen molar-refractivity contribution >= 4 is 14.5 Å². The largest absolute Gasteiger partial charge is 0.500 e. The standard InChI is InChI=1S/C19H30F5NO3Si/c1-4-10-26-29(27-11-5-2,28-12-6-3)13-8-7-9-25-19-17(23)15(21)14(20)16(22)18(19)24/h25H,4-13H2,1-3H3. The van der Waals surface area contributed by atoms with Gasteiger partial charge in [-0.2, -0.15) is 0 Å². The summed E-state index contributed by atoms with van der Waals surface area (Å²) in [5.41, 5.74) is -1.02. The molecule has 0 aromatic heterocycles. The minimum absolute atomic E-state index is 0.0260. The molecule has 0 heterocycles. The molecule has 168 valence electrons. The van der Waals surface area contributed by atoms with E-state index in [1.165, 1.54) is 0 Å². The molecule has 1 aromatic carbocycles. The minimum atomic E-state index is -2.88. The van der Waals surface area contributed by atoms with Crippen molar-refractivity contribution in [2.75, 3.05) is 31.7 Å². The van der Waals surface area contributed by atoms with Gasteiger partial charge in [-0.05, 0) is 32.1 Å². The first-order valence-electron chi connectivity index (χ1n) is 10.0. The van der Waals surface area contributed by atoms with Crippen molar-refractivity contribution in [1.82, 2.24) is 0 Å². The van der Waals surface area contributed by atoms with Gasteiger partial charge < -0.3 is 18.6 Å². The van der Waals surface area contributed by atoms with Gasteiger partial charge in [0, 0.05) is 32.4 Å². The Kier molecular flexibility index (Phi) is 11.7. The molecule has 1 rings (SSSR count). The monoisotopic (exact) mass is 443 g/mol. The van der Waals surface area contributed by atoms with Crippen molar-refractivity contribution in [3.05, 3.63) is 29.1 Å². The number of benzene rings is 1. The second-order valence-electron chi connectivity index (χ2n) is 6.56. The van der Waals surface area contributed by atoms with Crippen molar-refractivity contribution < 1.29 is 35.2 Å². The van der Waals surface area contributed by atoms with Crippen molar-refractivity contribution in [3.63, 3.8) is 0 Å². The second kappa shape index (κ2) is 13.1. The highest BCUT2D eigenvalue weighted by Gasteiger charge is 2.40. The van der Waals surface area contributed by atoms with Crippen LogP contribution in [-0.2, 0) is 13.3 Å². The van der Waals surface area contributed by atoms with Crippen LogP contribution in [0.5, 0.6) is 0 Å². The molecule has 0 saturated carbocycles. The summed E-state index contributed by atoms with van der Waals surface area (Å²) in [7, 11) is -2.88. The Bertz CT molecular complexity index is 586. The van der Waals surface area contributed by atoms with Gasteiger partial charge in [0.1, 0.15) is 5.69 Å². The van der Waals surface area contributed by atoms with Gasteiger partial charge in [-0.25, -0.2) is 22.0 Å². The van der Waals surface area contributed by atoms with Crippen LogP contribution in [0.3, 0.4) is 0 Å². The Morgan fingerprint density at radius 1 is 0.655 bits per heavy atom. The summed E-state index contributed by atoms with van der Waals surface area (Å²) in [5.74, 6) is -9.84. The molecular weight excluding hydrogens is 413 g/mol. The summed E-state index contributed by atoms with van der Waals surface area (Å²) in [6, 6.07) is 0.506. The molecule has 0 atom stereocenters. The first-order valence-corrected chi connectivity index (χ1v) is 11.9. The molecular formula is C19H30F5NO3Si. The van der Waals surface area contributed by atoms with E-state index in [2.05, 4.69) is 5.32 Å². The predicted octanol–water partition coefficient (Wildman–Crippen LogP) is 5.79. The molecule has 4 nitrogen and oxygen atoms in total. The maximum atomic E-state index is 13.7. The molecule has 0 aliphatic rings. The van der Waals surface area contributed by atoms with Gasteiger partial charge in [0.15, 0.2) is 23.3 Å². The van der Waals surface area contributed by atoms with Crippen LogP contribution >= 0.6 is 0 Å². The molecule has 0 fully saturated rings. The molecule has 1 aromatic rings. The molecule has 0 unspecified atom stereocenters. The molecule has 0 bridgehead atoms. The highest BCUT2D eigenvalue weighted by molar-refractivity contribution is 6.60. The molecule has 0 amide bonds. The van der Waals surface area contributed by atoms with Gasteiger partial charge in [-0.1, -0.05) is 20.8 Å². The Balaban J connectivity index is 2.69. The fraction of sp³-hybridized carbons (Fsp3) is 0.684. The summed E-state index contributed by atoms with van der Waals surface area (Å²) in [6.45, 7) is 7.47. The van der Waals surface area contributed by atoms with Gasteiger partial charge in [-0.15, -0.1) is 0 Å². The van der Waals surface area contributed by atoms with Crippen molar-refractivity contribution in [1.29, 1.82) is 0 Å². The molecule has 1 N–H and O–H groups in total. The maximum Gasteiger partial charge on any atom is 0.500 e. The van der Waals surface area contributed by atoms with Crippen LogP contribution in [0.4, 0.5) is 27.6 Å². The zero-order valence-corrected chi connectivity index (χ0v) is 18.2. The minimum Gasteiger partial charge on any atom is -0.380 e. The zero-order chi connectivity index (χ0) is 21.9. The fourth-order valence-corrected chi connectivity index (χ4v) is 5.47. The lowest BCUT2D eigenvalue weighted by Crippen LogP contribution is -2.46. The number of anilines is 1. The lowest BCUT2D eigenvalue weighted by atomic mass is 10.2. The number of hydrogen-bond donors (Lipinski definition) is 1. The Hall–Kier alpha value is -1.23. The third-order valence-corrected chi connectivity index (χ3v) is 6.90. The van der Waals surface area contributed by atoms with E-state index in [0.29, 0.717) is 38.7 Å². The van der Waals surface area contributed by atoms with Crippen LogP contribution in [-0.4, -0.2) is 35.2 Å². The number of nitrogens with one attached hydrogen (secondary N) is 1. The maximum absolute atomic E-state index is 13.7. The summed E-state index contributed by atoms with van der Waals surface area (Å²) in [5, 5.41) is 2.30. The first kappa shape index (κ1) is 25.8. The molecule has 29 heavy (non-hydrogen) atoms. The smallest absolute Gasteiger partial charge is 0.380 e. The van der Waals surface area contributed by atoms with Gasteiger partial charge in [0.05, 0.1) is 0 Å². The SMILES string of the molecule is CCCO[Si](CCCCNc1c(F)c(F)c(F)c(F)c1F)(OCCC)OCCC. The average molecular weight is 444 g/mol.